The van der Waals surface area contributed by atoms with Crippen molar-refractivity contribution in [2.75, 3.05) is 39.3 Å². The van der Waals surface area contributed by atoms with E-state index in [2.05, 4.69) is 30.9 Å². The maximum atomic E-state index is 12.5. The molecule has 1 unspecified atom stereocenters. The molecular weight excluding hydrogens is 388 g/mol. The first-order valence-corrected chi connectivity index (χ1v) is 10.0. The van der Waals surface area contributed by atoms with Gasteiger partial charge in [0.1, 0.15) is 18.5 Å². The molecular formula is C23H31ClN2O3. The monoisotopic (exact) mass is 418 g/mol. The number of benzene rings is 2. The van der Waals surface area contributed by atoms with Gasteiger partial charge in [0.2, 0.25) is 0 Å². The molecule has 6 heteroatoms. The number of ether oxygens (including phenoxy) is 1. The zero-order valence-corrected chi connectivity index (χ0v) is 18.0. The maximum absolute atomic E-state index is 12.5. The van der Waals surface area contributed by atoms with Crippen molar-refractivity contribution in [2.45, 2.75) is 25.9 Å². The molecule has 2 aromatic rings. The fourth-order valence-electron chi connectivity index (χ4n) is 3.39. The Morgan fingerprint density at radius 1 is 1.00 bits per heavy atom. The molecule has 0 aliphatic carbocycles. The number of nitrogens with zero attached hydrogens (tertiary/aromatic N) is 2. The van der Waals surface area contributed by atoms with E-state index in [1.807, 2.05) is 47.4 Å². The number of halogens is 1. The standard InChI is InChI=1S/C23H30N2O3.ClH/c1-18(2)19-8-10-22(11-9-19)28-17-21(26)16-24-12-14-25(15-13-24)23(27)20-6-4-3-5-7-20;/h3-11,18,21,26H,12-17H2,1-2H3;1H. The molecule has 2 aromatic carbocycles. The summed E-state index contributed by atoms with van der Waals surface area (Å²) in [5, 5.41) is 10.3. The minimum Gasteiger partial charge on any atom is -0.491 e. The van der Waals surface area contributed by atoms with Gasteiger partial charge in [0, 0.05) is 38.3 Å². The summed E-state index contributed by atoms with van der Waals surface area (Å²) in [6.45, 7) is 8.02. The number of aliphatic hydroxyl groups is 1. The number of hydrogen-bond donors (Lipinski definition) is 1. The third-order valence-electron chi connectivity index (χ3n) is 5.14. The molecule has 0 saturated carbocycles. The Morgan fingerprint density at radius 3 is 2.21 bits per heavy atom. The molecule has 5 nitrogen and oxygen atoms in total. The van der Waals surface area contributed by atoms with Crippen molar-refractivity contribution in [3.05, 3.63) is 65.7 Å². The lowest BCUT2D eigenvalue weighted by atomic mass is 10.0. The molecule has 1 heterocycles. The van der Waals surface area contributed by atoms with Gasteiger partial charge in [0.25, 0.3) is 5.91 Å². The van der Waals surface area contributed by atoms with Crippen LogP contribution in [0, 0.1) is 0 Å². The fraction of sp³-hybridized carbons (Fsp3) is 0.435. The molecule has 1 saturated heterocycles. The Kier molecular flexibility index (Phi) is 8.96. The summed E-state index contributed by atoms with van der Waals surface area (Å²) in [4.78, 5) is 16.6. The van der Waals surface area contributed by atoms with E-state index in [-0.39, 0.29) is 24.9 Å². The molecule has 1 amide bonds. The second kappa shape index (κ2) is 11.2. The Labute approximate surface area is 179 Å². The van der Waals surface area contributed by atoms with Gasteiger partial charge in [0.05, 0.1) is 0 Å². The molecule has 1 N–H and O–H groups in total. The predicted octanol–water partition coefficient (Wildman–Crippen LogP) is 3.43. The lowest BCUT2D eigenvalue weighted by Gasteiger charge is -2.35. The maximum Gasteiger partial charge on any atom is 0.253 e. The number of aliphatic hydroxyl groups excluding tert-OH is 1. The Balaban J connectivity index is 0.00000300. The van der Waals surface area contributed by atoms with Crippen LogP contribution in [-0.4, -0.2) is 66.2 Å². The predicted molar refractivity (Wildman–Crippen MR) is 118 cm³/mol. The van der Waals surface area contributed by atoms with Crippen LogP contribution in [0.25, 0.3) is 0 Å². The van der Waals surface area contributed by atoms with Crippen molar-refractivity contribution < 1.29 is 14.6 Å². The second-order valence-corrected chi connectivity index (χ2v) is 7.65. The van der Waals surface area contributed by atoms with Crippen LogP contribution in [0.1, 0.15) is 35.7 Å². The second-order valence-electron chi connectivity index (χ2n) is 7.65. The summed E-state index contributed by atoms with van der Waals surface area (Å²) in [6.07, 6.45) is -0.554. The number of carbonyl (C=O) groups excluding carboxylic acids is 1. The number of hydrogen-bond acceptors (Lipinski definition) is 4. The van der Waals surface area contributed by atoms with E-state index in [1.54, 1.807) is 0 Å². The Hall–Kier alpha value is -2.08. The highest BCUT2D eigenvalue weighted by Gasteiger charge is 2.23. The van der Waals surface area contributed by atoms with Crippen LogP contribution in [0.3, 0.4) is 0 Å². The summed E-state index contributed by atoms with van der Waals surface area (Å²) in [5.41, 5.74) is 2.00. The molecule has 1 fully saturated rings. The van der Waals surface area contributed by atoms with Crippen LogP contribution in [0.5, 0.6) is 5.75 Å². The number of rotatable bonds is 7. The van der Waals surface area contributed by atoms with Crippen molar-refractivity contribution in [1.82, 2.24) is 9.80 Å². The topological polar surface area (TPSA) is 53.0 Å². The molecule has 29 heavy (non-hydrogen) atoms. The van der Waals surface area contributed by atoms with E-state index in [4.69, 9.17) is 4.74 Å². The van der Waals surface area contributed by atoms with Crippen LogP contribution in [0.4, 0.5) is 0 Å². The molecule has 1 aliphatic heterocycles. The summed E-state index contributed by atoms with van der Waals surface area (Å²) in [5.74, 6) is 1.35. The van der Waals surface area contributed by atoms with Crippen molar-refractivity contribution >= 4 is 18.3 Å². The minimum absolute atomic E-state index is 0. The van der Waals surface area contributed by atoms with Gasteiger partial charge >= 0.3 is 0 Å². The number of piperazine rings is 1. The van der Waals surface area contributed by atoms with Gasteiger partial charge in [-0.25, -0.2) is 0 Å². The fourth-order valence-corrected chi connectivity index (χ4v) is 3.39. The third-order valence-corrected chi connectivity index (χ3v) is 5.14. The molecule has 1 aliphatic rings. The number of amides is 1. The normalized spacial score (nSPS) is 15.7. The highest BCUT2D eigenvalue weighted by molar-refractivity contribution is 5.94. The SMILES string of the molecule is CC(C)c1ccc(OCC(O)CN2CCN(C(=O)c3ccccc3)CC2)cc1.Cl. The molecule has 0 radical (unpaired) electrons. The van der Waals surface area contributed by atoms with E-state index >= 15 is 0 Å². The minimum atomic E-state index is -0.554. The molecule has 1 atom stereocenters. The summed E-state index contributed by atoms with van der Waals surface area (Å²) >= 11 is 0. The molecule has 0 aromatic heterocycles. The highest BCUT2D eigenvalue weighted by atomic mass is 35.5. The summed E-state index contributed by atoms with van der Waals surface area (Å²) in [7, 11) is 0. The zero-order valence-electron chi connectivity index (χ0n) is 17.2. The van der Waals surface area contributed by atoms with Crippen molar-refractivity contribution in [3.63, 3.8) is 0 Å². The smallest absolute Gasteiger partial charge is 0.253 e. The summed E-state index contributed by atoms with van der Waals surface area (Å²) in [6, 6.07) is 17.4. The first-order chi connectivity index (χ1) is 13.5. The van der Waals surface area contributed by atoms with E-state index in [9.17, 15) is 9.90 Å². The first kappa shape index (κ1) is 23.2. The Bertz CT molecular complexity index is 744. The zero-order chi connectivity index (χ0) is 19.9. The number of carbonyl (C=O) groups is 1. The highest BCUT2D eigenvalue weighted by Crippen LogP contribution is 2.18. The van der Waals surface area contributed by atoms with Gasteiger partial charge in [-0.1, -0.05) is 44.2 Å². The summed E-state index contributed by atoms with van der Waals surface area (Å²) < 4.78 is 5.72. The van der Waals surface area contributed by atoms with E-state index in [0.717, 1.165) is 24.4 Å². The Morgan fingerprint density at radius 2 is 1.62 bits per heavy atom. The van der Waals surface area contributed by atoms with Crippen LogP contribution in [0.2, 0.25) is 0 Å². The van der Waals surface area contributed by atoms with Crippen molar-refractivity contribution in [2.24, 2.45) is 0 Å². The van der Waals surface area contributed by atoms with Gasteiger partial charge in [-0.2, -0.15) is 0 Å². The van der Waals surface area contributed by atoms with Gasteiger partial charge < -0.3 is 14.7 Å². The van der Waals surface area contributed by atoms with Crippen molar-refractivity contribution in [1.29, 1.82) is 0 Å². The molecule has 158 valence electrons. The van der Waals surface area contributed by atoms with Crippen LogP contribution in [-0.2, 0) is 0 Å². The van der Waals surface area contributed by atoms with Gasteiger partial charge in [-0.05, 0) is 35.7 Å². The average Bonchev–Trinajstić information content (AvgIpc) is 2.73. The van der Waals surface area contributed by atoms with E-state index < -0.39 is 6.10 Å². The van der Waals surface area contributed by atoms with E-state index in [0.29, 0.717) is 25.6 Å². The largest absolute Gasteiger partial charge is 0.491 e. The van der Waals surface area contributed by atoms with Crippen molar-refractivity contribution in [3.8, 4) is 5.75 Å². The van der Waals surface area contributed by atoms with Crippen LogP contribution < -0.4 is 4.74 Å². The third kappa shape index (κ3) is 6.74. The van der Waals surface area contributed by atoms with Gasteiger partial charge in [0.15, 0.2) is 0 Å². The van der Waals surface area contributed by atoms with E-state index in [1.165, 1.54) is 5.56 Å². The van der Waals surface area contributed by atoms with Crippen LogP contribution in [0.15, 0.2) is 54.6 Å². The molecule has 0 spiro atoms. The average molecular weight is 419 g/mol. The first-order valence-electron chi connectivity index (χ1n) is 10.0. The lowest BCUT2D eigenvalue weighted by molar-refractivity contribution is 0.0403. The number of β-amino-alcohol motifs (C(OH)–C–C–N with tert-alkyl or cyclic N) is 1. The van der Waals surface area contributed by atoms with Crippen LogP contribution >= 0.6 is 12.4 Å². The molecule has 3 rings (SSSR count). The quantitative estimate of drug-likeness (QED) is 0.748. The molecule has 0 bridgehead atoms. The van der Waals surface area contributed by atoms with Gasteiger partial charge in [-0.15, -0.1) is 12.4 Å². The lowest BCUT2D eigenvalue weighted by Crippen LogP contribution is -2.50. The van der Waals surface area contributed by atoms with Gasteiger partial charge in [-0.3, -0.25) is 9.69 Å².